The molecule has 148 valence electrons. The van der Waals surface area contributed by atoms with Crippen LogP contribution in [0, 0.1) is 11.3 Å². The molecule has 3 rings (SSSR count). The number of halogens is 3. The molecule has 8 heteroatoms. The number of carbonyl (C=O) groups excluding carboxylic acids is 1. The number of alkyl halides is 3. The smallest absolute Gasteiger partial charge is 0.404 e. The van der Waals surface area contributed by atoms with E-state index in [0.29, 0.717) is 13.0 Å². The van der Waals surface area contributed by atoms with Gasteiger partial charge in [0.25, 0.3) is 0 Å². The largest absolute Gasteiger partial charge is 0.573 e. The normalized spacial score (nSPS) is 11.5. The maximum absolute atomic E-state index is 12.5. The molecule has 2 aromatic carbocycles. The van der Waals surface area contributed by atoms with Gasteiger partial charge in [0, 0.05) is 35.3 Å². The lowest BCUT2D eigenvalue weighted by Crippen LogP contribution is -2.19. The first-order chi connectivity index (χ1) is 13.9. The van der Waals surface area contributed by atoms with Crippen molar-refractivity contribution in [2.75, 3.05) is 5.32 Å². The first kappa shape index (κ1) is 20.0. The van der Waals surface area contributed by atoms with Gasteiger partial charge in [-0.1, -0.05) is 30.3 Å². The van der Waals surface area contributed by atoms with Gasteiger partial charge in [-0.25, -0.2) is 0 Å². The second kappa shape index (κ2) is 8.52. The van der Waals surface area contributed by atoms with E-state index in [4.69, 9.17) is 5.26 Å². The molecule has 0 saturated carbocycles. The van der Waals surface area contributed by atoms with E-state index >= 15 is 0 Å². The average molecular weight is 399 g/mol. The summed E-state index contributed by atoms with van der Waals surface area (Å²) in [6.45, 7) is 0.513. The molecule has 0 radical (unpaired) electrons. The molecular weight excluding hydrogens is 383 g/mol. The molecule has 29 heavy (non-hydrogen) atoms. The Morgan fingerprint density at radius 2 is 1.90 bits per heavy atom. The molecule has 0 unspecified atom stereocenters. The number of hydrogen-bond acceptors (Lipinski definition) is 3. The SMILES string of the molecule is N#CCCn1cc(/C=C/C(=O)Nc2ccccc2OC(F)(F)F)c2ccccc21. The highest BCUT2D eigenvalue weighted by atomic mass is 19.4. The van der Waals surface area contributed by atoms with Gasteiger partial charge in [-0.05, 0) is 24.3 Å². The van der Waals surface area contributed by atoms with Gasteiger partial charge in [-0.2, -0.15) is 5.26 Å². The molecule has 5 nitrogen and oxygen atoms in total. The van der Waals surface area contributed by atoms with Gasteiger partial charge >= 0.3 is 6.36 Å². The second-order valence-electron chi connectivity index (χ2n) is 6.07. The number of para-hydroxylation sites is 3. The van der Waals surface area contributed by atoms with Gasteiger partial charge in [-0.15, -0.1) is 13.2 Å². The van der Waals surface area contributed by atoms with Crippen LogP contribution in [0.2, 0.25) is 0 Å². The summed E-state index contributed by atoms with van der Waals surface area (Å²) in [5.74, 6) is -1.09. The first-order valence-corrected chi connectivity index (χ1v) is 8.66. The predicted octanol–water partition coefficient (Wildman–Crippen LogP) is 5.11. The maximum atomic E-state index is 12.5. The van der Waals surface area contributed by atoms with Crippen molar-refractivity contribution in [2.24, 2.45) is 0 Å². The van der Waals surface area contributed by atoms with Crippen molar-refractivity contribution in [2.45, 2.75) is 19.3 Å². The average Bonchev–Trinajstić information content (AvgIpc) is 3.03. The summed E-state index contributed by atoms with van der Waals surface area (Å²) in [5.41, 5.74) is 1.59. The molecule has 1 heterocycles. The van der Waals surface area contributed by atoms with Gasteiger partial charge in [0.1, 0.15) is 0 Å². The number of fused-ring (bicyclic) bond motifs is 1. The zero-order valence-electron chi connectivity index (χ0n) is 15.1. The highest BCUT2D eigenvalue weighted by molar-refractivity contribution is 6.04. The topological polar surface area (TPSA) is 67.0 Å². The maximum Gasteiger partial charge on any atom is 0.573 e. The van der Waals surface area contributed by atoms with Crippen molar-refractivity contribution < 1.29 is 22.7 Å². The third-order valence-electron chi connectivity index (χ3n) is 4.07. The standard InChI is InChI=1S/C21H16F3N3O2/c22-21(23,24)29-19-9-4-2-7-17(19)26-20(28)11-10-15-14-27(13-5-12-25)18-8-3-1-6-16(15)18/h1-4,6-11,14H,5,13H2,(H,26,28)/b11-10+. The molecule has 3 aromatic rings. The molecule has 0 aliphatic rings. The molecule has 0 atom stereocenters. The summed E-state index contributed by atoms with van der Waals surface area (Å²) in [6.07, 6.45) is 0.126. The van der Waals surface area contributed by atoms with E-state index in [1.54, 1.807) is 6.08 Å². The Hall–Kier alpha value is -3.73. The molecule has 0 saturated heterocycles. The lowest BCUT2D eigenvalue weighted by Gasteiger charge is -2.13. The second-order valence-corrected chi connectivity index (χ2v) is 6.07. The van der Waals surface area contributed by atoms with Crippen LogP contribution < -0.4 is 10.1 Å². The number of aryl methyl sites for hydroxylation is 1. The van der Waals surface area contributed by atoms with Crippen molar-refractivity contribution in [3.63, 3.8) is 0 Å². The van der Waals surface area contributed by atoms with Crippen molar-refractivity contribution in [1.82, 2.24) is 4.57 Å². The fraction of sp³-hybridized carbons (Fsp3) is 0.143. The molecule has 0 fully saturated rings. The summed E-state index contributed by atoms with van der Waals surface area (Å²) in [6, 6.07) is 14.9. The van der Waals surface area contributed by atoms with Crippen molar-refractivity contribution in [1.29, 1.82) is 5.26 Å². The minimum absolute atomic E-state index is 0.0871. The van der Waals surface area contributed by atoms with E-state index in [1.165, 1.54) is 24.3 Å². The Kier molecular flexibility index (Phi) is 5.88. The van der Waals surface area contributed by atoms with Crippen LogP contribution in [0.5, 0.6) is 5.75 Å². The number of nitrogens with zero attached hydrogens (tertiary/aromatic N) is 2. The quantitative estimate of drug-likeness (QED) is 0.586. The van der Waals surface area contributed by atoms with Gasteiger partial charge in [0.05, 0.1) is 18.2 Å². The van der Waals surface area contributed by atoms with Crippen molar-refractivity contribution in [3.05, 3.63) is 66.4 Å². The Labute approximate surface area is 164 Å². The van der Waals surface area contributed by atoms with E-state index in [9.17, 15) is 18.0 Å². The zero-order valence-corrected chi connectivity index (χ0v) is 15.1. The van der Waals surface area contributed by atoms with Crippen LogP contribution in [-0.4, -0.2) is 16.8 Å². The van der Waals surface area contributed by atoms with E-state index in [-0.39, 0.29) is 5.69 Å². The number of amides is 1. The van der Waals surface area contributed by atoms with E-state index in [0.717, 1.165) is 22.5 Å². The minimum atomic E-state index is -4.86. The molecule has 0 spiro atoms. The van der Waals surface area contributed by atoms with E-state index in [1.807, 2.05) is 35.0 Å². The summed E-state index contributed by atoms with van der Waals surface area (Å²) in [4.78, 5) is 12.2. The first-order valence-electron chi connectivity index (χ1n) is 8.66. The van der Waals surface area contributed by atoms with Crippen LogP contribution in [0.3, 0.4) is 0 Å². The number of nitriles is 1. The van der Waals surface area contributed by atoms with Gasteiger partial charge in [-0.3, -0.25) is 4.79 Å². The summed E-state index contributed by atoms with van der Waals surface area (Å²) < 4.78 is 43.3. The number of benzene rings is 2. The number of nitrogens with one attached hydrogen (secondary N) is 1. The molecule has 1 aromatic heterocycles. The van der Waals surface area contributed by atoms with Crippen LogP contribution in [0.15, 0.2) is 60.8 Å². The third kappa shape index (κ3) is 5.17. The lowest BCUT2D eigenvalue weighted by atomic mass is 10.1. The van der Waals surface area contributed by atoms with E-state index < -0.39 is 18.0 Å². The van der Waals surface area contributed by atoms with Crippen molar-refractivity contribution in [3.8, 4) is 11.8 Å². The predicted molar refractivity (Wildman–Crippen MR) is 103 cm³/mol. The monoisotopic (exact) mass is 399 g/mol. The van der Waals surface area contributed by atoms with E-state index in [2.05, 4.69) is 16.1 Å². The number of ether oxygens (including phenoxy) is 1. The number of carbonyl (C=O) groups is 1. The van der Waals surface area contributed by atoms with Crippen LogP contribution in [0.1, 0.15) is 12.0 Å². The molecular formula is C21H16F3N3O2. The fourth-order valence-electron chi connectivity index (χ4n) is 2.89. The lowest BCUT2D eigenvalue weighted by molar-refractivity contribution is -0.274. The van der Waals surface area contributed by atoms with Gasteiger partial charge < -0.3 is 14.6 Å². The highest BCUT2D eigenvalue weighted by Gasteiger charge is 2.32. The Bertz CT molecular complexity index is 1090. The van der Waals surface area contributed by atoms with Crippen LogP contribution in [0.4, 0.5) is 18.9 Å². The molecule has 0 bridgehead atoms. The van der Waals surface area contributed by atoms with Crippen molar-refractivity contribution >= 4 is 28.6 Å². The molecule has 1 N–H and O–H groups in total. The summed E-state index contributed by atoms with van der Waals surface area (Å²) in [7, 11) is 0. The Morgan fingerprint density at radius 3 is 2.66 bits per heavy atom. The van der Waals surface area contributed by atoms with Gasteiger partial charge in [0.15, 0.2) is 5.75 Å². The summed E-state index contributed by atoms with van der Waals surface area (Å²) >= 11 is 0. The number of rotatable bonds is 6. The van der Waals surface area contributed by atoms with Gasteiger partial charge in [0.2, 0.25) is 5.91 Å². The number of aromatic nitrogens is 1. The number of hydrogen-bond donors (Lipinski definition) is 1. The Balaban J connectivity index is 1.80. The number of anilines is 1. The van der Waals surface area contributed by atoms with Crippen LogP contribution in [-0.2, 0) is 11.3 Å². The third-order valence-corrected chi connectivity index (χ3v) is 4.07. The molecule has 0 aliphatic heterocycles. The zero-order chi connectivity index (χ0) is 20.9. The van der Waals surface area contributed by atoms with Crippen LogP contribution in [0.25, 0.3) is 17.0 Å². The minimum Gasteiger partial charge on any atom is -0.404 e. The fourth-order valence-corrected chi connectivity index (χ4v) is 2.89. The van der Waals surface area contributed by atoms with Crippen LogP contribution >= 0.6 is 0 Å². The molecule has 0 aliphatic carbocycles. The summed E-state index contributed by atoms with van der Waals surface area (Å²) in [5, 5.41) is 12.1. The molecule has 1 amide bonds. The highest BCUT2D eigenvalue weighted by Crippen LogP contribution is 2.30. The Morgan fingerprint density at radius 1 is 1.17 bits per heavy atom.